The quantitative estimate of drug-likeness (QED) is 0.679. The summed E-state index contributed by atoms with van der Waals surface area (Å²) in [6, 6.07) is 0.463. The molecular weight excluding hydrogens is 251 g/mol. The molecule has 77 valence electrons. The Hall–Kier alpha value is 0.184. The number of nitrogens with zero attached hydrogens (tertiary/aromatic N) is 1. The van der Waals surface area contributed by atoms with Crippen molar-refractivity contribution in [1.29, 1.82) is 0 Å². The van der Waals surface area contributed by atoms with Crippen molar-refractivity contribution in [2.24, 2.45) is 0 Å². The molecule has 0 bridgehead atoms. The molecule has 0 atom stereocenters. The molecule has 0 saturated heterocycles. The van der Waals surface area contributed by atoms with Crippen molar-refractivity contribution in [1.82, 2.24) is 4.90 Å². The summed E-state index contributed by atoms with van der Waals surface area (Å²) in [5, 5.41) is 0. The first kappa shape index (κ1) is 14.2. The third kappa shape index (κ3) is 3.40. The molecule has 2 nitrogen and oxygen atoms in total. The van der Waals surface area contributed by atoms with Crippen molar-refractivity contribution < 1.29 is 37.4 Å². The fourth-order valence-electron chi connectivity index (χ4n) is 1.33. The van der Waals surface area contributed by atoms with Crippen molar-refractivity contribution in [3.8, 4) is 0 Å². The summed E-state index contributed by atoms with van der Waals surface area (Å²) in [5.74, 6) is 0.883. The molecule has 14 heavy (non-hydrogen) atoms. The maximum absolute atomic E-state index is 5.43. The average Bonchev–Trinajstić information content (AvgIpc) is 2.03. The van der Waals surface area contributed by atoms with E-state index in [1.54, 1.807) is 0 Å². The first-order valence-corrected chi connectivity index (χ1v) is 4.70. The van der Waals surface area contributed by atoms with Gasteiger partial charge in [-0.05, 0) is 20.8 Å². The van der Waals surface area contributed by atoms with E-state index in [1.807, 2.05) is 6.92 Å². The molecule has 0 fully saturated rings. The standard InChI is InChI=1S/C11H18NO.Y/c1-8(2)11-6-10(5)13-7-12(11)9(3)4;/h9H,7H2,1-5H3;/q-1;. The van der Waals surface area contributed by atoms with Crippen LogP contribution in [0.3, 0.4) is 0 Å². The van der Waals surface area contributed by atoms with Crippen LogP contribution >= 0.6 is 0 Å². The molecule has 1 aliphatic rings. The van der Waals surface area contributed by atoms with Crippen LogP contribution in [0.2, 0.25) is 0 Å². The first-order valence-electron chi connectivity index (χ1n) is 4.70. The minimum absolute atomic E-state index is 0. The smallest absolute Gasteiger partial charge is 0.156 e. The van der Waals surface area contributed by atoms with Gasteiger partial charge in [-0.25, -0.2) is 0 Å². The van der Waals surface area contributed by atoms with Gasteiger partial charge in [0.1, 0.15) is 0 Å². The van der Waals surface area contributed by atoms with E-state index in [-0.39, 0.29) is 32.7 Å². The van der Waals surface area contributed by atoms with E-state index in [1.165, 1.54) is 11.3 Å². The number of allylic oxidation sites excluding steroid dienone is 3. The summed E-state index contributed by atoms with van der Waals surface area (Å²) in [7, 11) is 0. The van der Waals surface area contributed by atoms with Gasteiger partial charge in [0, 0.05) is 44.5 Å². The Morgan fingerprint density at radius 3 is 2.43 bits per heavy atom. The van der Waals surface area contributed by atoms with Gasteiger partial charge in [-0.2, -0.15) is 11.6 Å². The molecule has 0 aliphatic carbocycles. The second-order valence-electron chi connectivity index (χ2n) is 3.87. The number of hydrogen-bond donors (Lipinski definition) is 0. The Kier molecular flexibility index (Phi) is 6.00. The van der Waals surface area contributed by atoms with Crippen LogP contribution in [0.1, 0.15) is 34.6 Å². The van der Waals surface area contributed by atoms with Crippen molar-refractivity contribution in [3.63, 3.8) is 0 Å². The number of ether oxygens (including phenoxy) is 1. The first-order chi connectivity index (χ1) is 6.02. The Bertz CT molecular complexity index is 252. The van der Waals surface area contributed by atoms with E-state index >= 15 is 0 Å². The summed E-state index contributed by atoms with van der Waals surface area (Å²) in [4.78, 5) is 2.21. The molecular formula is C11H18NOY-. The largest absolute Gasteiger partial charge is 0.497 e. The molecule has 1 aliphatic heterocycles. The topological polar surface area (TPSA) is 12.5 Å². The van der Waals surface area contributed by atoms with Gasteiger partial charge < -0.3 is 9.64 Å². The SMILES string of the molecule is CC1=[C-]C(=C(C)C)N(C(C)C)CO1.[Y]. The second kappa shape index (κ2) is 5.92. The van der Waals surface area contributed by atoms with Gasteiger partial charge in [0.15, 0.2) is 6.73 Å². The monoisotopic (exact) mass is 269 g/mol. The zero-order valence-electron chi connectivity index (χ0n) is 9.72. The fraction of sp³-hybridized carbons (Fsp3) is 0.636. The van der Waals surface area contributed by atoms with Crippen LogP contribution in [-0.4, -0.2) is 17.7 Å². The van der Waals surface area contributed by atoms with Gasteiger partial charge in [0.25, 0.3) is 0 Å². The molecule has 1 radical (unpaired) electrons. The Morgan fingerprint density at radius 1 is 1.43 bits per heavy atom. The predicted octanol–water partition coefficient (Wildman–Crippen LogP) is 2.68. The summed E-state index contributed by atoms with van der Waals surface area (Å²) in [6.45, 7) is 11.1. The van der Waals surface area contributed by atoms with Crippen molar-refractivity contribution in [3.05, 3.63) is 23.1 Å². The maximum atomic E-state index is 5.43. The fourth-order valence-corrected chi connectivity index (χ4v) is 1.33. The summed E-state index contributed by atoms with van der Waals surface area (Å²) < 4.78 is 5.43. The van der Waals surface area contributed by atoms with Crippen LogP contribution in [0.15, 0.2) is 17.0 Å². The predicted molar refractivity (Wildman–Crippen MR) is 53.7 cm³/mol. The van der Waals surface area contributed by atoms with Crippen molar-refractivity contribution >= 4 is 0 Å². The molecule has 0 unspecified atom stereocenters. The number of rotatable bonds is 1. The van der Waals surface area contributed by atoms with Gasteiger partial charge >= 0.3 is 0 Å². The minimum atomic E-state index is 0. The summed E-state index contributed by atoms with van der Waals surface area (Å²) in [5.41, 5.74) is 2.47. The molecule has 1 heterocycles. The third-order valence-electron chi connectivity index (χ3n) is 2.10. The van der Waals surface area contributed by atoms with Crippen LogP contribution in [0.4, 0.5) is 0 Å². The second-order valence-corrected chi connectivity index (χ2v) is 3.87. The normalized spacial score (nSPS) is 16.0. The van der Waals surface area contributed by atoms with Gasteiger partial charge in [-0.3, -0.25) is 0 Å². The van der Waals surface area contributed by atoms with E-state index in [2.05, 4.69) is 38.7 Å². The van der Waals surface area contributed by atoms with Crippen LogP contribution < -0.4 is 0 Å². The van der Waals surface area contributed by atoms with Crippen LogP contribution in [-0.2, 0) is 37.4 Å². The molecule has 0 aromatic heterocycles. The summed E-state index contributed by atoms with van der Waals surface area (Å²) in [6.07, 6.45) is 3.25. The third-order valence-corrected chi connectivity index (χ3v) is 2.10. The molecule has 0 spiro atoms. The van der Waals surface area contributed by atoms with E-state index in [9.17, 15) is 0 Å². The molecule has 0 N–H and O–H groups in total. The van der Waals surface area contributed by atoms with E-state index < -0.39 is 0 Å². The van der Waals surface area contributed by atoms with Gasteiger partial charge in [0.05, 0.1) is 0 Å². The van der Waals surface area contributed by atoms with Crippen LogP contribution in [0.25, 0.3) is 0 Å². The maximum Gasteiger partial charge on any atom is 0.156 e. The summed E-state index contributed by atoms with van der Waals surface area (Å²) >= 11 is 0. The molecule has 0 saturated carbocycles. The van der Waals surface area contributed by atoms with E-state index in [0.717, 1.165) is 5.76 Å². The minimum Gasteiger partial charge on any atom is -0.497 e. The number of hydrogen-bond acceptors (Lipinski definition) is 2. The molecule has 0 amide bonds. The van der Waals surface area contributed by atoms with Crippen LogP contribution in [0.5, 0.6) is 0 Å². The van der Waals surface area contributed by atoms with Gasteiger partial charge in [0.2, 0.25) is 0 Å². The van der Waals surface area contributed by atoms with Crippen molar-refractivity contribution in [2.45, 2.75) is 40.7 Å². The van der Waals surface area contributed by atoms with E-state index in [4.69, 9.17) is 4.74 Å². The molecule has 1 rings (SSSR count). The van der Waals surface area contributed by atoms with E-state index in [0.29, 0.717) is 12.8 Å². The van der Waals surface area contributed by atoms with Gasteiger partial charge in [-0.15, -0.1) is 19.5 Å². The Morgan fingerprint density at radius 2 is 2.00 bits per heavy atom. The average molecular weight is 269 g/mol. The molecule has 0 aromatic rings. The Labute approximate surface area is 112 Å². The Balaban J connectivity index is 0.00000169. The zero-order chi connectivity index (χ0) is 10.0. The zero-order valence-corrected chi connectivity index (χ0v) is 12.6. The van der Waals surface area contributed by atoms with Crippen molar-refractivity contribution in [2.75, 3.05) is 6.73 Å². The van der Waals surface area contributed by atoms with Gasteiger partial charge in [-0.1, -0.05) is 0 Å². The van der Waals surface area contributed by atoms with Crippen LogP contribution in [0, 0.1) is 6.08 Å². The molecule has 3 heteroatoms. The molecule has 0 aromatic carbocycles.